The van der Waals surface area contributed by atoms with Gasteiger partial charge in [0, 0.05) is 5.56 Å². The lowest BCUT2D eigenvalue weighted by Gasteiger charge is -2.28. The van der Waals surface area contributed by atoms with Gasteiger partial charge in [-0.05, 0) is 42.9 Å². The predicted octanol–water partition coefficient (Wildman–Crippen LogP) is 3.20. The van der Waals surface area contributed by atoms with Crippen LogP contribution in [-0.4, -0.2) is 5.11 Å². The largest absolute Gasteiger partial charge is 0.388 e. The van der Waals surface area contributed by atoms with Gasteiger partial charge >= 0.3 is 0 Å². The molecule has 0 saturated heterocycles. The van der Waals surface area contributed by atoms with E-state index in [1.54, 1.807) is 0 Å². The first-order valence-corrected chi connectivity index (χ1v) is 5.18. The Morgan fingerprint density at radius 2 is 1.93 bits per heavy atom. The van der Waals surface area contributed by atoms with Gasteiger partial charge in [-0.25, -0.2) is 8.78 Å². The summed E-state index contributed by atoms with van der Waals surface area (Å²) in [7, 11) is 0. The Morgan fingerprint density at radius 1 is 1.27 bits per heavy atom. The maximum atomic E-state index is 13.8. The third-order valence-corrected chi connectivity index (χ3v) is 3.17. The molecule has 1 N–H and O–H groups in total. The van der Waals surface area contributed by atoms with E-state index >= 15 is 0 Å². The Balaban J connectivity index is 2.71. The van der Waals surface area contributed by atoms with Gasteiger partial charge in [-0.3, -0.25) is 0 Å². The third-order valence-electron chi connectivity index (χ3n) is 3.17. The Hall–Kier alpha value is -0.960. The van der Waals surface area contributed by atoms with Crippen LogP contribution < -0.4 is 0 Å². The summed E-state index contributed by atoms with van der Waals surface area (Å²) in [5.74, 6) is -0.862. The summed E-state index contributed by atoms with van der Waals surface area (Å²) in [5.41, 5.74) is 0.794. The van der Waals surface area contributed by atoms with Crippen molar-refractivity contribution in [1.29, 1.82) is 0 Å². The summed E-state index contributed by atoms with van der Waals surface area (Å²) in [6.45, 7) is 3.38. The molecule has 0 amide bonds. The van der Waals surface area contributed by atoms with Gasteiger partial charge in [0.05, 0.1) is 6.10 Å². The molecule has 1 aliphatic rings. The summed E-state index contributed by atoms with van der Waals surface area (Å²) < 4.78 is 27.4. The van der Waals surface area contributed by atoms with Crippen molar-refractivity contribution in [2.24, 2.45) is 0 Å². The zero-order valence-electron chi connectivity index (χ0n) is 8.85. The molecule has 0 aliphatic heterocycles. The van der Waals surface area contributed by atoms with E-state index in [9.17, 15) is 13.9 Å². The minimum Gasteiger partial charge on any atom is -0.388 e. The monoisotopic (exact) mass is 212 g/mol. The van der Waals surface area contributed by atoms with Crippen LogP contribution in [0.1, 0.15) is 48.5 Å². The molecule has 0 saturated carbocycles. The summed E-state index contributed by atoms with van der Waals surface area (Å²) in [6, 6.07) is 1.21. The molecule has 0 fully saturated rings. The van der Waals surface area contributed by atoms with Gasteiger partial charge in [0.25, 0.3) is 0 Å². The van der Waals surface area contributed by atoms with Crippen LogP contribution in [0.2, 0.25) is 0 Å². The van der Waals surface area contributed by atoms with Crippen molar-refractivity contribution >= 4 is 0 Å². The molecule has 0 spiro atoms. The lowest BCUT2D eigenvalue weighted by Crippen LogP contribution is -2.17. The van der Waals surface area contributed by atoms with Gasteiger partial charge in [-0.2, -0.15) is 0 Å². The standard InChI is InChI=1S/C12H14F2O/c1-6-3-4-9(15)11-10(6)8(13)5-7(2)12(11)14/h5-6,9,15H,3-4H2,1-2H3/t6?,9-/m0/s1. The van der Waals surface area contributed by atoms with Crippen molar-refractivity contribution in [2.75, 3.05) is 0 Å². The zero-order chi connectivity index (χ0) is 11.2. The average molecular weight is 212 g/mol. The van der Waals surface area contributed by atoms with E-state index in [1.165, 1.54) is 13.0 Å². The second-order valence-corrected chi connectivity index (χ2v) is 4.31. The van der Waals surface area contributed by atoms with Crippen molar-refractivity contribution in [2.45, 2.75) is 38.7 Å². The molecule has 0 bridgehead atoms. The summed E-state index contributed by atoms with van der Waals surface area (Å²) in [6.07, 6.45) is 0.354. The molecule has 0 aromatic heterocycles. The molecular formula is C12H14F2O. The van der Waals surface area contributed by atoms with Crippen molar-refractivity contribution in [1.82, 2.24) is 0 Å². The fourth-order valence-electron chi connectivity index (χ4n) is 2.31. The molecule has 1 nitrogen and oxygen atoms in total. The number of halogens is 2. The van der Waals surface area contributed by atoms with Gasteiger partial charge in [0.15, 0.2) is 0 Å². The van der Waals surface area contributed by atoms with E-state index in [-0.39, 0.29) is 17.0 Å². The minimum absolute atomic E-state index is 0.0153. The number of fused-ring (bicyclic) bond motifs is 1. The minimum atomic E-state index is -0.856. The summed E-state index contributed by atoms with van der Waals surface area (Å²) in [5, 5.41) is 9.70. The molecule has 1 aromatic carbocycles. The van der Waals surface area contributed by atoms with Crippen LogP contribution in [-0.2, 0) is 0 Å². The Kier molecular flexibility index (Phi) is 2.51. The number of aliphatic hydroxyl groups is 1. The van der Waals surface area contributed by atoms with E-state index in [1.807, 2.05) is 6.92 Å². The van der Waals surface area contributed by atoms with Crippen molar-refractivity contribution in [3.63, 3.8) is 0 Å². The predicted molar refractivity (Wildman–Crippen MR) is 53.7 cm³/mol. The van der Waals surface area contributed by atoms with E-state index in [2.05, 4.69) is 0 Å². The van der Waals surface area contributed by atoms with Crippen LogP contribution in [0, 0.1) is 18.6 Å². The van der Waals surface area contributed by atoms with E-state index in [0.29, 0.717) is 18.4 Å². The smallest absolute Gasteiger partial charge is 0.132 e. The first-order chi connectivity index (χ1) is 7.02. The second kappa shape index (κ2) is 3.56. The number of aliphatic hydroxyl groups excluding tert-OH is 1. The quantitative estimate of drug-likeness (QED) is 0.700. The molecule has 1 unspecified atom stereocenters. The fraction of sp³-hybridized carbons (Fsp3) is 0.500. The fourth-order valence-corrected chi connectivity index (χ4v) is 2.31. The number of hydrogen-bond donors (Lipinski definition) is 1. The van der Waals surface area contributed by atoms with Crippen LogP contribution in [0.5, 0.6) is 0 Å². The molecule has 1 aliphatic carbocycles. The highest BCUT2D eigenvalue weighted by Gasteiger charge is 2.30. The number of benzene rings is 1. The van der Waals surface area contributed by atoms with Crippen molar-refractivity contribution in [3.05, 3.63) is 34.4 Å². The Labute approximate surface area is 87.7 Å². The topological polar surface area (TPSA) is 20.2 Å². The van der Waals surface area contributed by atoms with Crippen molar-refractivity contribution < 1.29 is 13.9 Å². The SMILES string of the molecule is Cc1cc(F)c2c(c1F)[C@@H](O)CCC2C. The van der Waals surface area contributed by atoms with Gasteiger partial charge in [0.2, 0.25) is 0 Å². The van der Waals surface area contributed by atoms with Crippen molar-refractivity contribution in [3.8, 4) is 0 Å². The molecule has 2 rings (SSSR count). The highest BCUT2D eigenvalue weighted by molar-refractivity contribution is 5.40. The van der Waals surface area contributed by atoms with Crippen LogP contribution in [0.4, 0.5) is 8.78 Å². The number of aryl methyl sites for hydroxylation is 1. The van der Waals surface area contributed by atoms with Crippen LogP contribution in [0.15, 0.2) is 6.07 Å². The lowest BCUT2D eigenvalue weighted by atomic mass is 9.81. The molecular weight excluding hydrogens is 198 g/mol. The number of rotatable bonds is 0. The second-order valence-electron chi connectivity index (χ2n) is 4.31. The van der Waals surface area contributed by atoms with Gasteiger partial charge in [-0.1, -0.05) is 6.92 Å². The Bertz CT molecular complexity index is 401. The highest BCUT2D eigenvalue weighted by atomic mass is 19.1. The van der Waals surface area contributed by atoms with Gasteiger partial charge < -0.3 is 5.11 Å². The van der Waals surface area contributed by atoms with E-state index in [4.69, 9.17) is 0 Å². The Morgan fingerprint density at radius 3 is 2.60 bits per heavy atom. The first kappa shape index (κ1) is 10.6. The first-order valence-electron chi connectivity index (χ1n) is 5.18. The zero-order valence-corrected chi connectivity index (χ0v) is 8.85. The number of hydrogen-bond acceptors (Lipinski definition) is 1. The van der Waals surface area contributed by atoms with Gasteiger partial charge in [0.1, 0.15) is 11.6 Å². The molecule has 82 valence electrons. The van der Waals surface area contributed by atoms with E-state index < -0.39 is 17.7 Å². The molecule has 3 heteroatoms. The normalized spacial score (nSPS) is 25.1. The van der Waals surface area contributed by atoms with Crippen LogP contribution in [0.3, 0.4) is 0 Å². The highest BCUT2D eigenvalue weighted by Crippen LogP contribution is 2.40. The molecule has 0 radical (unpaired) electrons. The van der Waals surface area contributed by atoms with E-state index in [0.717, 1.165) is 0 Å². The summed E-state index contributed by atoms with van der Waals surface area (Å²) >= 11 is 0. The molecule has 1 aromatic rings. The van der Waals surface area contributed by atoms with Crippen LogP contribution in [0.25, 0.3) is 0 Å². The molecule has 2 atom stereocenters. The van der Waals surface area contributed by atoms with Crippen LogP contribution >= 0.6 is 0 Å². The van der Waals surface area contributed by atoms with Gasteiger partial charge in [-0.15, -0.1) is 0 Å². The average Bonchev–Trinajstić information content (AvgIpc) is 2.18. The molecule has 0 heterocycles. The molecule has 15 heavy (non-hydrogen) atoms. The maximum absolute atomic E-state index is 13.8. The summed E-state index contributed by atoms with van der Waals surface area (Å²) in [4.78, 5) is 0. The maximum Gasteiger partial charge on any atom is 0.132 e. The lowest BCUT2D eigenvalue weighted by molar-refractivity contribution is 0.145. The third kappa shape index (κ3) is 1.55.